The zero-order chi connectivity index (χ0) is 16.7. The van der Waals surface area contributed by atoms with Crippen molar-refractivity contribution in [2.45, 2.75) is 51.1 Å². The van der Waals surface area contributed by atoms with Crippen LogP contribution in [0.5, 0.6) is 0 Å². The van der Waals surface area contributed by atoms with Crippen LogP contribution in [0.3, 0.4) is 0 Å². The van der Waals surface area contributed by atoms with Crippen LogP contribution in [-0.4, -0.2) is 18.0 Å². The molecule has 1 aromatic rings. The number of nitrogens with two attached hydrogens (primary N) is 1. The van der Waals surface area contributed by atoms with Crippen LogP contribution in [0.1, 0.15) is 39.0 Å². The number of hydrazine groups is 1. The Balaban J connectivity index is 1.74. The zero-order valence-electron chi connectivity index (χ0n) is 14.2. The first-order valence-electron chi connectivity index (χ1n) is 9.08. The summed E-state index contributed by atoms with van der Waals surface area (Å²) in [6, 6.07) is 9.85. The quantitative estimate of drug-likeness (QED) is 0.780. The first kappa shape index (κ1) is 15.7. The second-order valence-electron chi connectivity index (χ2n) is 7.26. The summed E-state index contributed by atoms with van der Waals surface area (Å²) in [5, 5.41) is 5.07. The van der Waals surface area contributed by atoms with E-state index in [4.69, 9.17) is 5.73 Å². The van der Waals surface area contributed by atoms with E-state index in [2.05, 4.69) is 17.7 Å². The molecule has 24 heavy (non-hydrogen) atoms. The van der Waals surface area contributed by atoms with Crippen molar-refractivity contribution in [3.8, 4) is 0 Å². The van der Waals surface area contributed by atoms with Gasteiger partial charge < -0.3 is 11.1 Å². The smallest absolute Gasteiger partial charge is 0.243 e. The number of hydrogen-bond acceptors (Lipinski definition) is 4. The summed E-state index contributed by atoms with van der Waals surface area (Å²) in [5.74, 6) is 1.51. The number of nitrogens with zero attached hydrogens (tertiary/aromatic N) is 1. The van der Waals surface area contributed by atoms with Crippen molar-refractivity contribution >= 4 is 11.6 Å². The van der Waals surface area contributed by atoms with Gasteiger partial charge >= 0.3 is 0 Å². The van der Waals surface area contributed by atoms with Gasteiger partial charge in [0, 0.05) is 12.0 Å². The summed E-state index contributed by atoms with van der Waals surface area (Å²) in [7, 11) is 0. The average molecular weight is 326 g/mol. The number of rotatable bonds is 2. The zero-order valence-corrected chi connectivity index (χ0v) is 14.2. The monoisotopic (exact) mass is 326 g/mol. The maximum atomic E-state index is 12.5. The lowest BCUT2D eigenvalue weighted by Crippen LogP contribution is -2.54. The highest BCUT2D eigenvalue weighted by Crippen LogP contribution is 2.42. The minimum absolute atomic E-state index is 0.0545. The van der Waals surface area contributed by atoms with E-state index in [9.17, 15) is 4.79 Å². The summed E-state index contributed by atoms with van der Waals surface area (Å²) in [6.07, 6.45) is 6.17. The van der Waals surface area contributed by atoms with Crippen molar-refractivity contribution in [1.82, 2.24) is 10.7 Å². The molecule has 1 aliphatic carbocycles. The summed E-state index contributed by atoms with van der Waals surface area (Å²) < 4.78 is 0. The molecule has 1 amide bonds. The number of nitrogens with one attached hydrogen (secondary N) is 2. The van der Waals surface area contributed by atoms with Gasteiger partial charge in [-0.25, -0.2) is 5.43 Å². The van der Waals surface area contributed by atoms with E-state index in [0.717, 1.165) is 11.5 Å². The largest absolute Gasteiger partial charge is 0.319 e. The molecule has 5 heteroatoms. The Bertz CT molecular complexity index is 651. The minimum Gasteiger partial charge on any atom is -0.319 e. The summed E-state index contributed by atoms with van der Waals surface area (Å²) in [6.45, 7) is 2.16. The molecule has 0 radical (unpaired) electrons. The molecular formula is C19H26N4O. The third-order valence-corrected chi connectivity index (χ3v) is 5.75. The lowest BCUT2D eigenvalue weighted by Gasteiger charge is -2.38. The molecule has 1 unspecified atom stereocenters. The Kier molecular flexibility index (Phi) is 4.06. The Morgan fingerprint density at radius 3 is 2.54 bits per heavy atom. The average Bonchev–Trinajstić information content (AvgIpc) is 2.94. The first-order chi connectivity index (χ1) is 11.7. The summed E-state index contributed by atoms with van der Waals surface area (Å²) in [4.78, 5) is 12.5. The molecule has 128 valence electrons. The fraction of sp³-hybridized carbons (Fsp3) is 0.526. The van der Waals surface area contributed by atoms with E-state index < -0.39 is 6.04 Å². The highest BCUT2D eigenvalue weighted by Gasteiger charge is 2.46. The normalized spacial score (nSPS) is 31.2. The van der Waals surface area contributed by atoms with Crippen LogP contribution in [0.2, 0.25) is 0 Å². The highest BCUT2D eigenvalue weighted by molar-refractivity contribution is 5.87. The number of carbonyl (C=O) groups excluding carboxylic acids is 1. The predicted octanol–water partition coefficient (Wildman–Crippen LogP) is 2.26. The number of anilines is 1. The second-order valence-corrected chi connectivity index (χ2v) is 7.26. The van der Waals surface area contributed by atoms with Gasteiger partial charge in [0.05, 0.1) is 11.7 Å². The molecule has 0 spiro atoms. The van der Waals surface area contributed by atoms with Gasteiger partial charge in [-0.05, 0) is 43.4 Å². The molecule has 3 aliphatic rings. The Hall–Kier alpha value is -1.85. The molecule has 4 N–H and O–H groups in total. The van der Waals surface area contributed by atoms with Gasteiger partial charge in [-0.2, -0.15) is 0 Å². The molecule has 2 heterocycles. The number of carbonyl (C=O) groups is 1. The first-order valence-corrected chi connectivity index (χ1v) is 9.08. The van der Waals surface area contributed by atoms with E-state index >= 15 is 0 Å². The van der Waals surface area contributed by atoms with Crippen molar-refractivity contribution in [2.75, 3.05) is 5.01 Å². The molecule has 0 saturated heterocycles. The van der Waals surface area contributed by atoms with E-state index in [0.29, 0.717) is 5.92 Å². The highest BCUT2D eigenvalue weighted by atomic mass is 16.2. The fourth-order valence-corrected chi connectivity index (χ4v) is 4.61. The van der Waals surface area contributed by atoms with Crippen molar-refractivity contribution < 1.29 is 4.79 Å². The van der Waals surface area contributed by atoms with Gasteiger partial charge in [0.15, 0.2) is 0 Å². The molecule has 0 aromatic heterocycles. The van der Waals surface area contributed by atoms with Gasteiger partial charge in [0.2, 0.25) is 5.91 Å². The van der Waals surface area contributed by atoms with Gasteiger partial charge in [-0.15, -0.1) is 0 Å². The van der Waals surface area contributed by atoms with E-state index in [1.165, 1.54) is 37.7 Å². The molecule has 1 saturated carbocycles. The number of hydrogen-bond donors (Lipinski definition) is 3. The third-order valence-electron chi connectivity index (χ3n) is 5.75. The van der Waals surface area contributed by atoms with Crippen LogP contribution in [-0.2, 0) is 4.79 Å². The van der Waals surface area contributed by atoms with Gasteiger partial charge in [0.25, 0.3) is 0 Å². The summed E-state index contributed by atoms with van der Waals surface area (Å²) >= 11 is 0. The molecule has 2 aliphatic heterocycles. The van der Waals surface area contributed by atoms with Crippen LogP contribution in [0.15, 0.2) is 41.7 Å². The van der Waals surface area contributed by atoms with Crippen LogP contribution in [0, 0.1) is 11.8 Å². The Morgan fingerprint density at radius 1 is 1.12 bits per heavy atom. The van der Waals surface area contributed by atoms with Crippen molar-refractivity contribution in [3.63, 3.8) is 0 Å². The van der Waals surface area contributed by atoms with Gasteiger partial charge in [-0.3, -0.25) is 9.80 Å². The van der Waals surface area contributed by atoms with Gasteiger partial charge in [0.1, 0.15) is 5.82 Å². The van der Waals surface area contributed by atoms with Crippen molar-refractivity contribution in [2.24, 2.45) is 17.6 Å². The van der Waals surface area contributed by atoms with Crippen LogP contribution in [0.4, 0.5) is 5.69 Å². The van der Waals surface area contributed by atoms with Crippen LogP contribution in [0.25, 0.3) is 0 Å². The van der Waals surface area contributed by atoms with Crippen molar-refractivity contribution in [1.29, 1.82) is 0 Å². The number of para-hydroxylation sites is 1. The lowest BCUT2D eigenvalue weighted by atomic mass is 9.70. The second kappa shape index (κ2) is 6.22. The Morgan fingerprint density at radius 2 is 1.83 bits per heavy atom. The fourth-order valence-electron chi connectivity index (χ4n) is 4.61. The lowest BCUT2D eigenvalue weighted by molar-refractivity contribution is -0.123. The molecule has 4 rings (SSSR count). The van der Waals surface area contributed by atoms with Crippen LogP contribution >= 0.6 is 0 Å². The molecule has 3 atom stereocenters. The number of benzene rings is 1. The Labute approximate surface area is 143 Å². The molecule has 5 nitrogen and oxygen atoms in total. The standard InChI is InChI=1S/C19H26N4O/c1-12-15-16(13-8-4-2-5-9-13)17(20)19(24)21-18(15)23(22-12)14-10-6-3-7-11-14/h3,6-7,10-13,16-17,22H,2,4-5,8-9,20H2,1H3,(H,21,24)/t12?,16-,17-/m0/s1. The van der Waals surface area contributed by atoms with Gasteiger partial charge in [-0.1, -0.05) is 37.5 Å². The van der Waals surface area contributed by atoms with E-state index in [1.807, 2.05) is 35.3 Å². The minimum atomic E-state index is -0.438. The topological polar surface area (TPSA) is 70.4 Å². The third kappa shape index (κ3) is 2.52. The van der Waals surface area contributed by atoms with Crippen molar-refractivity contribution in [3.05, 3.63) is 41.7 Å². The molecule has 1 aromatic carbocycles. The van der Waals surface area contributed by atoms with E-state index in [1.54, 1.807) is 0 Å². The maximum Gasteiger partial charge on any atom is 0.243 e. The maximum absolute atomic E-state index is 12.5. The molecule has 1 fully saturated rings. The SMILES string of the molecule is CC1NN(c2ccccc2)C2=C1[C@H](C1CCCCC1)[C@H](N)C(=O)N2. The number of amides is 1. The molecule has 0 bridgehead atoms. The predicted molar refractivity (Wildman–Crippen MR) is 94.7 cm³/mol. The van der Waals surface area contributed by atoms with E-state index in [-0.39, 0.29) is 17.9 Å². The van der Waals surface area contributed by atoms with Crippen LogP contribution < -0.4 is 21.5 Å². The molecular weight excluding hydrogens is 300 g/mol. The summed E-state index contributed by atoms with van der Waals surface area (Å²) in [5.41, 5.74) is 12.2.